The van der Waals surface area contributed by atoms with E-state index in [4.69, 9.17) is 0 Å². The number of nitrogens with zero attached hydrogens (tertiary/aromatic N) is 6. The Kier molecular flexibility index (Phi) is 11.6. The number of rotatable bonds is 10. The quantitative estimate of drug-likeness (QED) is 0.249. The summed E-state index contributed by atoms with van der Waals surface area (Å²) >= 11 is 0. The highest BCUT2D eigenvalue weighted by atomic mass is 32.2. The van der Waals surface area contributed by atoms with Crippen molar-refractivity contribution < 1.29 is 31.9 Å². The van der Waals surface area contributed by atoms with E-state index in [1.54, 1.807) is 11.2 Å². The maximum Gasteiger partial charge on any atom is 0.269 e. The van der Waals surface area contributed by atoms with Crippen LogP contribution in [0.5, 0.6) is 0 Å². The first-order chi connectivity index (χ1) is 27.8. The Morgan fingerprint density at radius 2 is 1.66 bits per heavy atom. The normalized spacial score (nSPS) is 26.5. The number of carbonyl (C=O) groups is 2. The smallest absolute Gasteiger partial charge is 0.269 e. The second-order valence-corrected chi connectivity index (χ2v) is 19.2. The van der Waals surface area contributed by atoms with Crippen LogP contribution in [0.15, 0.2) is 41.3 Å². The predicted molar refractivity (Wildman–Crippen MR) is 215 cm³/mol. The van der Waals surface area contributed by atoms with Gasteiger partial charge in [0.25, 0.3) is 12.0 Å². The lowest BCUT2D eigenvalue weighted by Gasteiger charge is -2.42. The standard InChI is InChI=1S/C41H54F2N8O6S/c1-41(55)16-2-3-34(41)51-37-28(23-33(36(42)43)39(51)54)24-44-40(47-37)45-29-12-21-50(22-13-29)58(56,57)25-26-10-17-48(18-11-26)31-14-19-49(20-15-31)30-6-4-27(5-7-30)32-8-9-35(52)46-38(32)53/h4-7,23-24,26,29,31-32,34,36,55H,2-3,8-22,25H2,1H3,(H,44,45,47)(H,46,52,53)/t32?,34-,41-/m1/s1. The van der Waals surface area contributed by atoms with Crippen LogP contribution in [0.2, 0.25) is 0 Å². The molecule has 3 aromatic rings. The minimum atomic E-state index is -3.46. The first-order valence-corrected chi connectivity index (χ1v) is 22.5. The molecule has 314 valence electrons. The molecule has 6 heterocycles. The van der Waals surface area contributed by atoms with Gasteiger partial charge in [0, 0.05) is 62.0 Å². The summed E-state index contributed by atoms with van der Waals surface area (Å²) in [6.07, 6.45) is 5.72. The number of hydrogen-bond acceptors (Lipinski definition) is 11. The Morgan fingerprint density at radius 3 is 2.29 bits per heavy atom. The number of halogens is 2. The predicted octanol–water partition coefficient (Wildman–Crippen LogP) is 4.31. The second kappa shape index (κ2) is 16.5. The Morgan fingerprint density at radius 1 is 0.948 bits per heavy atom. The third kappa shape index (κ3) is 8.50. The number of aliphatic hydroxyl groups is 1. The highest BCUT2D eigenvalue weighted by Crippen LogP contribution is 2.40. The number of benzene rings is 1. The summed E-state index contributed by atoms with van der Waals surface area (Å²) in [5.74, 6) is -0.242. The summed E-state index contributed by atoms with van der Waals surface area (Å²) in [5.41, 5.74) is -0.501. The molecule has 5 fully saturated rings. The number of fused-ring (bicyclic) bond motifs is 1. The highest BCUT2D eigenvalue weighted by molar-refractivity contribution is 7.89. The summed E-state index contributed by atoms with van der Waals surface area (Å²) in [7, 11) is -3.46. The molecule has 0 radical (unpaired) electrons. The molecule has 0 spiro atoms. The van der Waals surface area contributed by atoms with Crippen LogP contribution in [0, 0.1) is 5.92 Å². The Hall–Kier alpha value is -4.06. The number of pyridine rings is 1. The zero-order valence-electron chi connectivity index (χ0n) is 33.0. The summed E-state index contributed by atoms with van der Waals surface area (Å²) in [5, 5.41) is 17.0. The molecule has 2 amide bonds. The number of likely N-dealkylation sites (tertiary alicyclic amines) is 1. The fraction of sp³-hybridized carbons (Fsp3) is 0.634. The van der Waals surface area contributed by atoms with Gasteiger partial charge in [-0.3, -0.25) is 24.3 Å². The number of anilines is 2. The Balaban J connectivity index is 0.802. The van der Waals surface area contributed by atoms with Crippen LogP contribution in [0.3, 0.4) is 0 Å². The molecule has 4 saturated heterocycles. The number of piperidine rings is 4. The van der Waals surface area contributed by atoms with Gasteiger partial charge in [0.05, 0.1) is 28.9 Å². The fourth-order valence-electron chi connectivity index (χ4n) is 9.96. The summed E-state index contributed by atoms with van der Waals surface area (Å²) in [6.45, 7) is 5.97. The number of alkyl halides is 2. The van der Waals surface area contributed by atoms with Crippen LogP contribution >= 0.6 is 0 Å². The molecular formula is C41H54F2N8O6S. The van der Waals surface area contributed by atoms with Crippen molar-refractivity contribution in [1.29, 1.82) is 0 Å². The van der Waals surface area contributed by atoms with Crippen molar-refractivity contribution in [1.82, 2.24) is 29.1 Å². The van der Waals surface area contributed by atoms with Crippen molar-refractivity contribution in [3.05, 3.63) is 58.0 Å². The van der Waals surface area contributed by atoms with Gasteiger partial charge in [-0.1, -0.05) is 12.1 Å². The van der Waals surface area contributed by atoms with Gasteiger partial charge in [0.15, 0.2) is 0 Å². The van der Waals surface area contributed by atoms with Crippen molar-refractivity contribution in [3.63, 3.8) is 0 Å². The molecule has 1 saturated carbocycles. The van der Waals surface area contributed by atoms with E-state index in [9.17, 15) is 36.7 Å². The zero-order chi connectivity index (χ0) is 40.8. The van der Waals surface area contributed by atoms with Crippen LogP contribution in [-0.2, 0) is 19.6 Å². The van der Waals surface area contributed by atoms with Crippen LogP contribution in [0.1, 0.15) is 107 Å². The van der Waals surface area contributed by atoms with E-state index in [0.717, 1.165) is 69.2 Å². The topological polar surface area (TPSA) is 170 Å². The van der Waals surface area contributed by atoms with Gasteiger partial charge in [-0.2, -0.15) is 4.98 Å². The van der Waals surface area contributed by atoms with E-state index in [0.29, 0.717) is 64.1 Å². The van der Waals surface area contributed by atoms with Crippen LogP contribution in [0.25, 0.3) is 11.0 Å². The number of hydrogen-bond donors (Lipinski definition) is 3. The molecule has 4 aliphatic heterocycles. The molecule has 1 aliphatic carbocycles. The van der Waals surface area contributed by atoms with E-state index < -0.39 is 39.2 Å². The molecule has 3 N–H and O–H groups in total. The molecule has 8 rings (SSSR count). The van der Waals surface area contributed by atoms with Gasteiger partial charge in [-0.25, -0.2) is 26.5 Å². The largest absolute Gasteiger partial charge is 0.388 e. The first kappa shape index (κ1) is 40.7. The minimum absolute atomic E-state index is 0.106. The minimum Gasteiger partial charge on any atom is -0.388 e. The average Bonchev–Trinajstić information content (AvgIpc) is 3.56. The summed E-state index contributed by atoms with van der Waals surface area (Å²) in [6, 6.07) is 8.92. The number of aromatic nitrogens is 3. The van der Waals surface area contributed by atoms with Crippen molar-refractivity contribution in [3.8, 4) is 0 Å². The third-order valence-corrected chi connectivity index (χ3v) is 15.4. The Labute approximate surface area is 337 Å². The van der Waals surface area contributed by atoms with E-state index in [1.807, 2.05) is 12.1 Å². The highest BCUT2D eigenvalue weighted by Gasteiger charge is 2.41. The Bertz CT molecular complexity index is 2160. The maximum absolute atomic E-state index is 13.9. The first-order valence-electron chi connectivity index (χ1n) is 20.9. The number of sulfonamides is 1. The van der Waals surface area contributed by atoms with Gasteiger partial charge in [0.1, 0.15) is 5.65 Å². The molecule has 0 bridgehead atoms. The summed E-state index contributed by atoms with van der Waals surface area (Å²) in [4.78, 5) is 51.0. The van der Waals surface area contributed by atoms with E-state index in [-0.39, 0.29) is 52.4 Å². The van der Waals surface area contributed by atoms with E-state index in [1.165, 1.54) is 10.8 Å². The van der Waals surface area contributed by atoms with Crippen molar-refractivity contribution in [2.75, 3.05) is 55.2 Å². The monoisotopic (exact) mass is 824 g/mol. The lowest BCUT2D eigenvalue weighted by Crippen LogP contribution is -2.49. The summed E-state index contributed by atoms with van der Waals surface area (Å²) < 4.78 is 57.7. The van der Waals surface area contributed by atoms with Crippen molar-refractivity contribution in [2.24, 2.45) is 5.92 Å². The number of carbonyl (C=O) groups excluding carboxylic acids is 2. The molecule has 1 unspecified atom stereocenters. The average molecular weight is 825 g/mol. The van der Waals surface area contributed by atoms with Crippen LogP contribution in [0.4, 0.5) is 20.4 Å². The molecule has 58 heavy (non-hydrogen) atoms. The third-order valence-electron chi connectivity index (χ3n) is 13.4. The van der Waals surface area contributed by atoms with E-state index >= 15 is 0 Å². The van der Waals surface area contributed by atoms with Gasteiger partial charge < -0.3 is 20.2 Å². The van der Waals surface area contributed by atoms with Gasteiger partial charge in [0.2, 0.25) is 27.8 Å². The molecule has 1 aromatic carbocycles. The number of nitrogens with one attached hydrogen (secondary N) is 2. The molecule has 17 heteroatoms. The number of amides is 2. The van der Waals surface area contributed by atoms with Crippen molar-refractivity contribution >= 4 is 44.5 Å². The molecule has 14 nitrogen and oxygen atoms in total. The van der Waals surface area contributed by atoms with Crippen LogP contribution < -0.4 is 21.1 Å². The van der Waals surface area contributed by atoms with Crippen LogP contribution in [-0.4, -0.2) is 112 Å². The molecular weight excluding hydrogens is 771 g/mol. The fourth-order valence-corrected chi connectivity index (χ4v) is 11.9. The lowest BCUT2D eigenvalue weighted by atomic mass is 9.90. The molecule has 3 atom stereocenters. The zero-order valence-corrected chi connectivity index (χ0v) is 33.8. The van der Waals surface area contributed by atoms with Gasteiger partial charge in [-0.05, 0) is 114 Å². The van der Waals surface area contributed by atoms with E-state index in [2.05, 4.69) is 42.5 Å². The second-order valence-electron chi connectivity index (χ2n) is 17.2. The van der Waals surface area contributed by atoms with Gasteiger partial charge >= 0.3 is 0 Å². The number of imide groups is 1. The lowest BCUT2D eigenvalue weighted by molar-refractivity contribution is -0.134. The maximum atomic E-state index is 13.9. The van der Waals surface area contributed by atoms with Gasteiger partial charge in [-0.15, -0.1) is 0 Å². The molecule has 5 aliphatic rings. The van der Waals surface area contributed by atoms with Crippen molar-refractivity contribution in [2.45, 2.75) is 114 Å². The molecule has 2 aromatic heterocycles. The SMILES string of the molecule is C[C@@]1(O)CCC[C@H]1n1c(=O)c(C(F)F)cc2cnc(NC3CCN(S(=O)(=O)CC4CCN(C5CCN(c6ccc(C7CCC(=O)NC7=O)cc6)CC5)CC4)CC3)nc21.